The molecule has 11 heteroatoms. The summed E-state index contributed by atoms with van der Waals surface area (Å²) in [6.45, 7) is 1.40. The number of nitrogens with two attached hydrogens (primary N) is 1. The minimum Gasteiger partial charge on any atom is -0.480 e. The molecule has 0 bridgehead atoms. The molecular weight excluding hydrogens is 378 g/mol. The molecule has 0 spiro atoms. The molecule has 0 aliphatic heterocycles. The molecule has 154 valence electrons. The summed E-state index contributed by atoms with van der Waals surface area (Å²) in [6.07, 6.45) is 3.42. The van der Waals surface area contributed by atoms with Gasteiger partial charge in [-0.1, -0.05) is 32.6 Å². The van der Waals surface area contributed by atoms with Gasteiger partial charge in [-0.25, -0.2) is 4.79 Å². The lowest BCUT2D eigenvalue weighted by atomic mass is 10.0. The van der Waals surface area contributed by atoms with Crippen LogP contribution in [0.3, 0.4) is 0 Å². The SMILES string of the molecule is CCCCCCC(S)C(=O)C(NC(=O)C(N)CC(=O)NCC(=O)O)C(=O)O. The predicted molar refractivity (Wildman–Crippen MR) is 99.3 cm³/mol. The smallest absolute Gasteiger partial charge is 0.334 e. The molecule has 0 saturated heterocycles. The van der Waals surface area contributed by atoms with E-state index in [1.165, 1.54) is 0 Å². The van der Waals surface area contributed by atoms with E-state index in [1.807, 2.05) is 17.6 Å². The molecule has 0 aromatic rings. The van der Waals surface area contributed by atoms with E-state index in [0.717, 1.165) is 19.3 Å². The van der Waals surface area contributed by atoms with Gasteiger partial charge < -0.3 is 26.6 Å². The molecule has 0 aliphatic carbocycles. The number of ketones is 1. The normalized spacial score (nSPS) is 13.9. The van der Waals surface area contributed by atoms with Gasteiger partial charge in [0, 0.05) is 0 Å². The number of carboxylic acids is 2. The first-order valence-corrected chi connectivity index (χ1v) is 9.10. The Balaban J connectivity index is 4.67. The topological polar surface area (TPSA) is 176 Å². The second-order valence-electron chi connectivity index (χ2n) is 6.03. The van der Waals surface area contributed by atoms with E-state index in [4.69, 9.17) is 10.8 Å². The van der Waals surface area contributed by atoms with Crippen LogP contribution in [-0.2, 0) is 24.0 Å². The van der Waals surface area contributed by atoms with Crippen LogP contribution < -0.4 is 16.4 Å². The number of carbonyl (C=O) groups is 5. The van der Waals surface area contributed by atoms with Crippen LogP contribution in [0.1, 0.15) is 45.4 Å². The van der Waals surface area contributed by atoms with Gasteiger partial charge in [-0.05, 0) is 6.42 Å². The minimum atomic E-state index is -1.82. The zero-order valence-electron chi connectivity index (χ0n) is 15.1. The number of nitrogens with one attached hydrogen (secondary N) is 2. The summed E-state index contributed by atoms with van der Waals surface area (Å²) < 4.78 is 0. The van der Waals surface area contributed by atoms with Crippen molar-refractivity contribution in [2.75, 3.05) is 6.54 Å². The first kappa shape index (κ1) is 24.9. The van der Waals surface area contributed by atoms with Crippen molar-refractivity contribution in [2.24, 2.45) is 5.73 Å². The fourth-order valence-electron chi connectivity index (χ4n) is 2.14. The van der Waals surface area contributed by atoms with Gasteiger partial charge in [-0.15, -0.1) is 0 Å². The summed E-state index contributed by atoms with van der Waals surface area (Å²) in [7, 11) is 0. The van der Waals surface area contributed by atoms with Crippen LogP contribution in [0.25, 0.3) is 0 Å². The van der Waals surface area contributed by atoms with Crippen molar-refractivity contribution >= 4 is 42.2 Å². The summed E-state index contributed by atoms with van der Waals surface area (Å²) in [5.41, 5.74) is 5.52. The van der Waals surface area contributed by atoms with Crippen molar-refractivity contribution in [1.29, 1.82) is 0 Å². The molecule has 27 heavy (non-hydrogen) atoms. The Kier molecular flexibility index (Phi) is 12.1. The van der Waals surface area contributed by atoms with Crippen LogP contribution in [0.4, 0.5) is 0 Å². The van der Waals surface area contributed by atoms with Gasteiger partial charge in [0.1, 0.15) is 6.54 Å². The van der Waals surface area contributed by atoms with Crippen molar-refractivity contribution in [1.82, 2.24) is 10.6 Å². The Hall–Kier alpha value is -2.14. The summed E-state index contributed by atoms with van der Waals surface area (Å²) in [5.74, 6) is -5.38. The molecule has 0 aromatic heterocycles. The first-order valence-electron chi connectivity index (χ1n) is 8.59. The van der Waals surface area contributed by atoms with E-state index in [1.54, 1.807) is 0 Å². The highest BCUT2D eigenvalue weighted by atomic mass is 32.1. The van der Waals surface area contributed by atoms with E-state index < -0.39 is 59.8 Å². The molecule has 10 nitrogen and oxygen atoms in total. The number of carbonyl (C=O) groups excluding carboxylic acids is 3. The molecule has 3 atom stereocenters. The zero-order valence-corrected chi connectivity index (χ0v) is 16.0. The van der Waals surface area contributed by atoms with Gasteiger partial charge in [-0.2, -0.15) is 12.6 Å². The standard InChI is InChI=1S/C16H27N3O7S/c1-2-3-4-5-6-10(27)14(23)13(16(25)26)19-15(24)9(17)7-11(20)18-8-12(21)22/h9-10,13,27H,2-8,17H2,1H3,(H,18,20)(H,19,24)(H,21,22)(H,25,26). The van der Waals surface area contributed by atoms with Crippen LogP contribution in [0.2, 0.25) is 0 Å². The Bertz CT molecular complexity index is 556. The largest absolute Gasteiger partial charge is 0.480 e. The van der Waals surface area contributed by atoms with Crippen LogP contribution in [-0.4, -0.2) is 63.6 Å². The van der Waals surface area contributed by atoms with Crippen molar-refractivity contribution in [3.05, 3.63) is 0 Å². The van der Waals surface area contributed by atoms with E-state index in [9.17, 15) is 29.1 Å². The molecule has 0 fully saturated rings. The number of unbranched alkanes of at least 4 members (excludes halogenated alkanes) is 3. The second-order valence-corrected chi connectivity index (χ2v) is 6.65. The van der Waals surface area contributed by atoms with Crippen LogP contribution in [0.5, 0.6) is 0 Å². The summed E-state index contributed by atoms with van der Waals surface area (Å²) in [4.78, 5) is 57.4. The number of Topliss-reactive ketones (excluding diaryl/α,β-unsaturated/α-hetero) is 1. The summed E-state index contributed by atoms with van der Waals surface area (Å²) >= 11 is 4.12. The van der Waals surface area contributed by atoms with Gasteiger partial charge in [0.25, 0.3) is 0 Å². The lowest BCUT2D eigenvalue weighted by Gasteiger charge is -2.19. The zero-order chi connectivity index (χ0) is 21.0. The molecule has 0 radical (unpaired) electrons. The lowest BCUT2D eigenvalue weighted by molar-refractivity contribution is -0.146. The third-order valence-electron chi connectivity index (χ3n) is 3.66. The lowest BCUT2D eigenvalue weighted by Crippen LogP contribution is -2.54. The Morgan fingerprint density at radius 3 is 2.22 bits per heavy atom. The fourth-order valence-corrected chi connectivity index (χ4v) is 2.47. The Morgan fingerprint density at radius 1 is 1.07 bits per heavy atom. The molecule has 6 N–H and O–H groups in total. The number of hydrogen-bond donors (Lipinski definition) is 6. The highest BCUT2D eigenvalue weighted by molar-refractivity contribution is 7.81. The van der Waals surface area contributed by atoms with Gasteiger partial charge in [-0.3, -0.25) is 19.2 Å². The van der Waals surface area contributed by atoms with Gasteiger partial charge in [0.15, 0.2) is 11.8 Å². The molecule has 3 unspecified atom stereocenters. The van der Waals surface area contributed by atoms with Crippen LogP contribution in [0, 0.1) is 0 Å². The molecule has 0 rings (SSSR count). The van der Waals surface area contributed by atoms with E-state index in [-0.39, 0.29) is 0 Å². The molecule has 0 saturated carbocycles. The number of amides is 2. The predicted octanol–water partition coefficient (Wildman–Crippen LogP) is -0.688. The molecular formula is C16H27N3O7S. The van der Waals surface area contributed by atoms with Crippen LogP contribution in [0.15, 0.2) is 0 Å². The maximum atomic E-state index is 12.2. The minimum absolute atomic E-state index is 0.380. The van der Waals surface area contributed by atoms with Crippen molar-refractivity contribution in [3.8, 4) is 0 Å². The maximum absolute atomic E-state index is 12.2. The number of aliphatic carboxylic acids is 2. The molecule has 0 aromatic carbocycles. The van der Waals surface area contributed by atoms with Gasteiger partial charge in [0.05, 0.1) is 17.7 Å². The van der Waals surface area contributed by atoms with Crippen molar-refractivity contribution in [3.63, 3.8) is 0 Å². The quantitative estimate of drug-likeness (QED) is 0.125. The average molecular weight is 405 g/mol. The van der Waals surface area contributed by atoms with E-state index >= 15 is 0 Å². The number of hydrogen-bond acceptors (Lipinski definition) is 7. The highest BCUT2D eigenvalue weighted by Crippen LogP contribution is 2.13. The second kappa shape index (κ2) is 13.1. The summed E-state index contributed by atoms with van der Waals surface area (Å²) in [6, 6.07) is -3.25. The molecule has 0 heterocycles. The first-order chi connectivity index (χ1) is 12.6. The van der Waals surface area contributed by atoms with Gasteiger partial charge >= 0.3 is 11.9 Å². The number of thiol groups is 1. The maximum Gasteiger partial charge on any atom is 0.334 e. The van der Waals surface area contributed by atoms with E-state index in [2.05, 4.69) is 12.6 Å². The van der Waals surface area contributed by atoms with Gasteiger partial charge in [0.2, 0.25) is 11.8 Å². The third kappa shape index (κ3) is 10.6. The van der Waals surface area contributed by atoms with Crippen LogP contribution >= 0.6 is 12.6 Å². The molecule has 0 aliphatic rings. The number of carboxylic acid groups (broad SMARTS) is 2. The number of rotatable bonds is 14. The Morgan fingerprint density at radius 2 is 1.70 bits per heavy atom. The molecule has 2 amide bonds. The summed E-state index contributed by atoms with van der Waals surface area (Å²) in [5, 5.41) is 20.8. The third-order valence-corrected chi connectivity index (χ3v) is 4.17. The fraction of sp³-hybridized carbons (Fsp3) is 0.688. The van der Waals surface area contributed by atoms with E-state index in [0.29, 0.717) is 12.8 Å². The van der Waals surface area contributed by atoms with Crippen molar-refractivity contribution in [2.45, 2.75) is 62.8 Å². The highest BCUT2D eigenvalue weighted by Gasteiger charge is 2.33. The average Bonchev–Trinajstić information content (AvgIpc) is 2.60. The Labute approximate surface area is 162 Å². The van der Waals surface area contributed by atoms with Crippen molar-refractivity contribution < 1.29 is 34.2 Å². The monoisotopic (exact) mass is 405 g/mol.